The molecule has 0 saturated heterocycles. The topological polar surface area (TPSA) is 30.9 Å². The van der Waals surface area contributed by atoms with Gasteiger partial charge >= 0.3 is 0 Å². The molecule has 3 rings (SSSR count). The highest BCUT2D eigenvalue weighted by Gasteiger charge is 2.14. The van der Waals surface area contributed by atoms with Crippen LogP contribution in [0, 0.1) is 12.7 Å². The van der Waals surface area contributed by atoms with Gasteiger partial charge in [-0.3, -0.25) is 0 Å². The second-order valence-electron chi connectivity index (χ2n) is 5.10. The van der Waals surface area contributed by atoms with E-state index in [9.17, 15) is 4.39 Å². The molecule has 0 amide bonds. The molecule has 2 aromatic carbocycles. The molecule has 0 atom stereocenters. The fourth-order valence-corrected chi connectivity index (χ4v) is 3.22. The van der Waals surface area contributed by atoms with Gasteiger partial charge in [-0.05, 0) is 28.9 Å². The van der Waals surface area contributed by atoms with E-state index in [0.717, 1.165) is 21.1 Å². The minimum Gasteiger partial charge on any atom is -0.339 e. The Balaban J connectivity index is 2.13. The van der Waals surface area contributed by atoms with Crippen LogP contribution in [-0.2, 0) is 13.1 Å². The summed E-state index contributed by atoms with van der Waals surface area (Å²) in [6, 6.07) is 13.5. The van der Waals surface area contributed by atoms with Crippen LogP contribution in [-0.4, -0.2) is 4.57 Å². The van der Waals surface area contributed by atoms with E-state index in [1.807, 2.05) is 31.2 Å². The van der Waals surface area contributed by atoms with Crippen molar-refractivity contribution in [1.29, 1.82) is 0 Å². The molecule has 0 saturated carbocycles. The predicted molar refractivity (Wildman–Crippen MR) is 87.8 cm³/mol. The van der Waals surface area contributed by atoms with Crippen LogP contribution in [0.4, 0.5) is 4.39 Å². The molecule has 0 aliphatic carbocycles. The minimum atomic E-state index is -0.201. The number of hydrogen-bond acceptors (Lipinski definition) is 1. The Bertz CT molecular complexity index is 808. The molecular weight excluding hydrogens is 331 g/mol. The van der Waals surface area contributed by atoms with Crippen LogP contribution < -0.4 is 5.73 Å². The number of hydrogen-bond donors (Lipinski definition) is 1. The minimum absolute atomic E-state index is 0.201. The molecule has 3 aromatic rings. The van der Waals surface area contributed by atoms with Gasteiger partial charge in [0.25, 0.3) is 0 Å². The molecule has 4 heteroatoms. The Morgan fingerprint density at radius 2 is 1.81 bits per heavy atom. The maximum atomic E-state index is 14.4. The van der Waals surface area contributed by atoms with Crippen molar-refractivity contribution < 1.29 is 4.39 Å². The van der Waals surface area contributed by atoms with Crippen LogP contribution in [0.15, 0.2) is 46.9 Å². The third-order valence-electron chi connectivity index (χ3n) is 3.86. The normalized spacial score (nSPS) is 11.2. The standard InChI is InChI=1S/C17H16BrFN2/c1-11-16(18)14-7-2-3-8-15(14)21(11)10-13-6-4-5-12(9-20)17(13)19/h2-8H,9-10,20H2,1H3. The van der Waals surface area contributed by atoms with Gasteiger partial charge in [-0.15, -0.1) is 0 Å². The van der Waals surface area contributed by atoms with Gasteiger partial charge in [-0.1, -0.05) is 36.4 Å². The number of rotatable bonds is 3. The summed E-state index contributed by atoms with van der Waals surface area (Å²) in [5.41, 5.74) is 8.99. The Kier molecular flexibility index (Phi) is 3.83. The molecule has 0 radical (unpaired) electrons. The maximum Gasteiger partial charge on any atom is 0.132 e. The largest absolute Gasteiger partial charge is 0.339 e. The van der Waals surface area contributed by atoms with Gasteiger partial charge in [-0.2, -0.15) is 0 Å². The van der Waals surface area contributed by atoms with Gasteiger partial charge in [0.05, 0.1) is 6.54 Å². The fraction of sp³-hybridized carbons (Fsp3) is 0.176. The molecular formula is C17H16BrFN2. The second-order valence-corrected chi connectivity index (χ2v) is 5.89. The van der Waals surface area contributed by atoms with E-state index >= 15 is 0 Å². The molecule has 21 heavy (non-hydrogen) atoms. The first-order valence-corrected chi connectivity index (χ1v) is 7.62. The molecule has 108 valence electrons. The summed E-state index contributed by atoms with van der Waals surface area (Å²) in [6.45, 7) is 2.75. The van der Waals surface area contributed by atoms with E-state index in [1.165, 1.54) is 0 Å². The zero-order chi connectivity index (χ0) is 15.0. The van der Waals surface area contributed by atoms with Crippen molar-refractivity contribution >= 4 is 26.8 Å². The first-order valence-electron chi connectivity index (χ1n) is 6.83. The molecule has 0 spiro atoms. The van der Waals surface area contributed by atoms with Crippen molar-refractivity contribution in [2.45, 2.75) is 20.0 Å². The van der Waals surface area contributed by atoms with E-state index in [1.54, 1.807) is 6.07 Å². The van der Waals surface area contributed by atoms with Gasteiger partial charge in [0.15, 0.2) is 0 Å². The first-order chi connectivity index (χ1) is 10.1. The van der Waals surface area contributed by atoms with Gasteiger partial charge in [-0.25, -0.2) is 4.39 Å². The van der Waals surface area contributed by atoms with Crippen LogP contribution in [0.5, 0.6) is 0 Å². The average Bonchev–Trinajstić information content (AvgIpc) is 2.75. The molecule has 2 N–H and O–H groups in total. The quantitative estimate of drug-likeness (QED) is 0.750. The highest BCUT2D eigenvalue weighted by Crippen LogP contribution is 2.31. The van der Waals surface area contributed by atoms with Crippen molar-refractivity contribution in [3.05, 3.63) is 69.6 Å². The molecule has 0 aliphatic rings. The van der Waals surface area contributed by atoms with Crippen LogP contribution in [0.3, 0.4) is 0 Å². The summed E-state index contributed by atoms with van der Waals surface area (Å²) in [5, 5.41) is 1.14. The Morgan fingerprint density at radius 1 is 1.10 bits per heavy atom. The van der Waals surface area contributed by atoms with Crippen LogP contribution in [0.25, 0.3) is 10.9 Å². The highest BCUT2D eigenvalue weighted by atomic mass is 79.9. The first kappa shape index (κ1) is 14.3. The SMILES string of the molecule is Cc1c(Br)c2ccccc2n1Cc1cccc(CN)c1F. The maximum absolute atomic E-state index is 14.4. The van der Waals surface area contributed by atoms with Crippen molar-refractivity contribution in [3.8, 4) is 0 Å². The average molecular weight is 347 g/mol. The fourth-order valence-electron chi connectivity index (χ4n) is 2.68. The lowest BCUT2D eigenvalue weighted by Crippen LogP contribution is -2.07. The summed E-state index contributed by atoms with van der Waals surface area (Å²) < 4.78 is 17.6. The lowest BCUT2D eigenvalue weighted by atomic mass is 10.1. The number of nitrogens with zero attached hydrogens (tertiary/aromatic N) is 1. The monoisotopic (exact) mass is 346 g/mol. The number of halogens is 2. The van der Waals surface area contributed by atoms with Crippen molar-refractivity contribution in [3.63, 3.8) is 0 Å². The van der Waals surface area contributed by atoms with Crippen molar-refractivity contribution in [2.75, 3.05) is 0 Å². The van der Waals surface area contributed by atoms with Gasteiger partial charge < -0.3 is 10.3 Å². The van der Waals surface area contributed by atoms with Gasteiger partial charge in [0.2, 0.25) is 0 Å². The van der Waals surface area contributed by atoms with Crippen molar-refractivity contribution in [2.24, 2.45) is 5.73 Å². The van der Waals surface area contributed by atoms with Gasteiger partial charge in [0, 0.05) is 38.7 Å². The van der Waals surface area contributed by atoms with Gasteiger partial charge in [0.1, 0.15) is 5.82 Å². The third kappa shape index (κ3) is 2.39. The summed E-state index contributed by atoms with van der Waals surface area (Å²) in [4.78, 5) is 0. The number of nitrogens with two attached hydrogens (primary N) is 1. The Labute approximate surface area is 131 Å². The smallest absolute Gasteiger partial charge is 0.132 e. The molecule has 0 aliphatic heterocycles. The zero-order valence-corrected chi connectivity index (χ0v) is 13.3. The molecule has 0 bridgehead atoms. The molecule has 1 heterocycles. The lowest BCUT2D eigenvalue weighted by molar-refractivity contribution is 0.585. The molecule has 2 nitrogen and oxygen atoms in total. The molecule has 0 unspecified atom stereocenters. The number of benzene rings is 2. The van der Waals surface area contributed by atoms with E-state index < -0.39 is 0 Å². The van der Waals surface area contributed by atoms with Crippen LogP contribution in [0.1, 0.15) is 16.8 Å². The van der Waals surface area contributed by atoms with Crippen LogP contribution >= 0.6 is 15.9 Å². The van der Waals surface area contributed by atoms with E-state index in [4.69, 9.17) is 5.73 Å². The summed E-state index contributed by atoms with van der Waals surface area (Å²) in [6.07, 6.45) is 0. The number of para-hydroxylation sites is 1. The van der Waals surface area contributed by atoms with E-state index in [2.05, 4.69) is 32.6 Å². The van der Waals surface area contributed by atoms with E-state index in [-0.39, 0.29) is 12.4 Å². The number of aromatic nitrogens is 1. The molecule has 1 aromatic heterocycles. The van der Waals surface area contributed by atoms with E-state index in [0.29, 0.717) is 17.7 Å². The Morgan fingerprint density at radius 3 is 2.57 bits per heavy atom. The molecule has 0 fully saturated rings. The predicted octanol–water partition coefficient (Wildman–Crippen LogP) is 4.36. The third-order valence-corrected chi connectivity index (χ3v) is 4.86. The summed E-state index contributed by atoms with van der Waals surface area (Å²) >= 11 is 3.63. The van der Waals surface area contributed by atoms with Crippen LogP contribution in [0.2, 0.25) is 0 Å². The second kappa shape index (κ2) is 5.62. The zero-order valence-electron chi connectivity index (χ0n) is 11.7. The lowest BCUT2D eigenvalue weighted by Gasteiger charge is -2.11. The number of fused-ring (bicyclic) bond motifs is 1. The highest BCUT2D eigenvalue weighted by molar-refractivity contribution is 9.10. The summed E-state index contributed by atoms with van der Waals surface area (Å²) in [5.74, 6) is -0.201. The van der Waals surface area contributed by atoms with Crippen molar-refractivity contribution in [1.82, 2.24) is 4.57 Å². The summed E-state index contributed by atoms with van der Waals surface area (Å²) in [7, 11) is 0. The Hall–Kier alpha value is -1.65.